The summed E-state index contributed by atoms with van der Waals surface area (Å²) < 4.78 is 44.6. The number of likely N-dealkylation sites (tertiary alicyclic amines) is 1. The Morgan fingerprint density at radius 2 is 1.91 bits per heavy atom. The number of esters is 1. The largest absolute Gasteiger partial charge is 0.456 e. The Kier molecular flexibility index (Phi) is 10.1. The number of amides is 2. The van der Waals surface area contributed by atoms with Crippen LogP contribution < -0.4 is 5.32 Å². The summed E-state index contributed by atoms with van der Waals surface area (Å²) in [6, 6.07) is 10.5. The summed E-state index contributed by atoms with van der Waals surface area (Å²) in [6.07, 6.45) is -0.199. The Morgan fingerprint density at radius 3 is 2.59 bits per heavy atom. The summed E-state index contributed by atoms with van der Waals surface area (Å²) in [6.45, 7) is 6.36. The molecule has 0 unspecified atom stereocenters. The molecule has 1 aliphatic rings. The van der Waals surface area contributed by atoms with E-state index in [4.69, 9.17) is 14.0 Å². The molecule has 3 aromatic rings. The molecule has 2 amide bonds. The highest BCUT2D eigenvalue weighted by Gasteiger charge is 2.48. The highest BCUT2D eigenvalue weighted by atomic mass is 79.9. The number of rotatable bonds is 8. The third-order valence-corrected chi connectivity index (χ3v) is 7.95. The molecule has 0 spiro atoms. The van der Waals surface area contributed by atoms with Gasteiger partial charge in [-0.25, -0.2) is 13.6 Å². The van der Waals surface area contributed by atoms with Gasteiger partial charge in [-0.3, -0.25) is 9.59 Å². The molecular formula is C31H34BrF2N3O7. The molecule has 0 radical (unpaired) electrons. The molecule has 4 rings (SSSR count). The Bertz CT molecular complexity index is 1540. The number of hydrogen-bond donors (Lipinski definition) is 2. The van der Waals surface area contributed by atoms with Crippen molar-refractivity contribution in [1.82, 2.24) is 15.4 Å². The van der Waals surface area contributed by atoms with Crippen LogP contribution >= 0.6 is 15.9 Å². The first kappa shape index (κ1) is 33.1. The van der Waals surface area contributed by atoms with Gasteiger partial charge >= 0.3 is 12.1 Å². The van der Waals surface area contributed by atoms with Gasteiger partial charge in [0.25, 0.3) is 5.91 Å². The van der Waals surface area contributed by atoms with Crippen molar-refractivity contribution < 1.29 is 42.3 Å². The number of aromatic nitrogens is 1. The third kappa shape index (κ3) is 7.62. The standard InChI is InChI=1S/C31H34BrF2N3O7/c1-18(38)42-17-25(39)35-13-11-19-7-5-6-8-21(19)28-26(32)27(36-44-28)22-16-37(29(40)43-30(2,3)4)14-12-31(22,41)20-9-10-23(33)24(34)15-20/h5-10,15,22,41H,11-14,16-17H2,1-4H3,(H,35,39)/t22-,31+/m1/s1. The van der Waals surface area contributed by atoms with Gasteiger partial charge in [-0.1, -0.05) is 35.5 Å². The van der Waals surface area contributed by atoms with E-state index in [0.29, 0.717) is 22.2 Å². The molecule has 44 heavy (non-hydrogen) atoms. The normalized spacial score (nSPS) is 18.5. The van der Waals surface area contributed by atoms with Crippen molar-refractivity contribution in [2.45, 2.75) is 57.7 Å². The molecule has 1 aromatic heterocycles. The van der Waals surface area contributed by atoms with Gasteiger partial charge in [-0.2, -0.15) is 0 Å². The fraction of sp³-hybridized carbons (Fsp3) is 0.419. The molecular weight excluding hydrogens is 644 g/mol. The first-order chi connectivity index (χ1) is 20.7. The number of halogens is 3. The molecule has 236 valence electrons. The van der Waals surface area contributed by atoms with E-state index in [-0.39, 0.29) is 43.9 Å². The minimum Gasteiger partial charge on any atom is -0.456 e. The third-order valence-electron chi connectivity index (χ3n) is 7.19. The summed E-state index contributed by atoms with van der Waals surface area (Å²) in [4.78, 5) is 37.4. The van der Waals surface area contributed by atoms with Crippen LogP contribution in [0.2, 0.25) is 0 Å². The lowest BCUT2D eigenvalue weighted by Gasteiger charge is -2.44. The Hall–Kier alpha value is -3.84. The van der Waals surface area contributed by atoms with Crippen molar-refractivity contribution in [2.75, 3.05) is 26.2 Å². The van der Waals surface area contributed by atoms with E-state index in [9.17, 15) is 28.3 Å². The smallest absolute Gasteiger partial charge is 0.410 e. The summed E-state index contributed by atoms with van der Waals surface area (Å²) in [5, 5.41) is 19.0. The number of hydrogen-bond acceptors (Lipinski definition) is 8. The molecule has 2 aromatic carbocycles. The lowest BCUT2D eigenvalue weighted by Crippen LogP contribution is -2.51. The SMILES string of the molecule is CC(=O)OCC(=O)NCCc1ccccc1-c1onc([C@H]2CN(C(=O)OC(C)(C)C)CC[C@]2(O)c2ccc(F)c(F)c2)c1Br. The lowest BCUT2D eigenvalue weighted by molar-refractivity contribution is -0.146. The molecule has 13 heteroatoms. The van der Waals surface area contributed by atoms with Crippen LogP contribution in [-0.2, 0) is 31.1 Å². The van der Waals surface area contributed by atoms with Gasteiger partial charge in [0.2, 0.25) is 0 Å². The monoisotopic (exact) mass is 677 g/mol. The Morgan fingerprint density at radius 1 is 1.18 bits per heavy atom. The van der Waals surface area contributed by atoms with Crippen molar-refractivity contribution in [3.8, 4) is 11.3 Å². The maximum Gasteiger partial charge on any atom is 0.410 e. The van der Waals surface area contributed by atoms with Crippen molar-refractivity contribution in [3.05, 3.63) is 75.4 Å². The number of nitrogens with zero attached hydrogens (tertiary/aromatic N) is 2. The van der Waals surface area contributed by atoms with E-state index in [1.807, 2.05) is 12.1 Å². The van der Waals surface area contributed by atoms with Gasteiger partial charge in [-0.05, 0) is 72.8 Å². The highest BCUT2D eigenvalue weighted by Crippen LogP contribution is 2.47. The van der Waals surface area contributed by atoms with Gasteiger partial charge in [0.15, 0.2) is 24.0 Å². The van der Waals surface area contributed by atoms with Crippen LogP contribution in [-0.4, -0.2) is 65.0 Å². The van der Waals surface area contributed by atoms with Crippen LogP contribution in [0.3, 0.4) is 0 Å². The van der Waals surface area contributed by atoms with E-state index in [2.05, 4.69) is 26.4 Å². The molecule has 1 aliphatic heterocycles. The van der Waals surface area contributed by atoms with E-state index in [0.717, 1.165) is 17.7 Å². The van der Waals surface area contributed by atoms with Gasteiger partial charge in [-0.15, -0.1) is 0 Å². The first-order valence-corrected chi connectivity index (χ1v) is 14.8. The highest BCUT2D eigenvalue weighted by molar-refractivity contribution is 9.10. The van der Waals surface area contributed by atoms with Crippen LogP contribution in [0.4, 0.5) is 13.6 Å². The molecule has 0 saturated carbocycles. The zero-order valence-corrected chi connectivity index (χ0v) is 26.4. The van der Waals surface area contributed by atoms with Crippen LogP contribution in [0.5, 0.6) is 0 Å². The van der Waals surface area contributed by atoms with Crippen LogP contribution in [0.15, 0.2) is 51.5 Å². The second kappa shape index (κ2) is 13.4. The fourth-order valence-corrected chi connectivity index (χ4v) is 5.68. The van der Waals surface area contributed by atoms with E-state index >= 15 is 0 Å². The van der Waals surface area contributed by atoms with Crippen molar-refractivity contribution >= 4 is 33.9 Å². The molecule has 0 aliphatic carbocycles. The molecule has 1 saturated heterocycles. The number of carbonyl (C=O) groups excluding carboxylic acids is 3. The maximum atomic E-state index is 14.3. The number of nitrogens with one attached hydrogen (secondary N) is 1. The predicted octanol–water partition coefficient (Wildman–Crippen LogP) is 5.22. The van der Waals surface area contributed by atoms with Crippen LogP contribution in [0.1, 0.15) is 56.9 Å². The van der Waals surface area contributed by atoms with Gasteiger partial charge in [0.1, 0.15) is 16.9 Å². The Labute approximate surface area is 261 Å². The lowest BCUT2D eigenvalue weighted by atomic mass is 9.74. The zero-order valence-electron chi connectivity index (χ0n) is 24.8. The zero-order chi connectivity index (χ0) is 32.2. The quantitative estimate of drug-likeness (QED) is 0.311. The summed E-state index contributed by atoms with van der Waals surface area (Å²) in [5.74, 6) is -3.75. The van der Waals surface area contributed by atoms with Crippen molar-refractivity contribution in [3.63, 3.8) is 0 Å². The summed E-state index contributed by atoms with van der Waals surface area (Å²) in [7, 11) is 0. The fourth-order valence-electron chi connectivity index (χ4n) is 5.05. The van der Waals surface area contributed by atoms with E-state index in [1.54, 1.807) is 32.9 Å². The van der Waals surface area contributed by atoms with Crippen molar-refractivity contribution in [1.29, 1.82) is 0 Å². The molecule has 2 atom stereocenters. The van der Waals surface area contributed by atoms with E-state index < -0.39 is 46.7 Å². The number of carbonyl (C=O) groups is 3. The average Bonchev–Trinajstić information content (AvgIpc) is 3.33. The first-order valence-electron chi connectivity index (χ1n) is 14.0. The number of piperidine rings is 1. The predicted molar refractivity (Wildman–Crippen MR) is 158 cm³/mol. The van der Waals surface area contributed by atoms with Crippen molar-refractivity contribution in [2.24, 2.45) is 0 Å². The topological polar surface area (TPSA) is 131 Å². The van der Waals surface area contributed by atoms with Gasteiger partial charge < -0.3 is 29.3 Å². The molecule has 10 nitrogen and oxygen atoms in total. The molecule has 0 bridgehead atoms. The van der Waals surface area contributed by atoms with Gasteiger partial charge in [0.05, 0.1) is 10.4 Å². The Balaban J connectivity index is 1.66. The second-order valence-corrected chi connectivity index (χ2v) is 12.3. The van der Waals surface area contributed by atoms with Crippen LogP contribution in [0, 0.1) is 11.6 Å². The minimum absolute atomic E-state index is 0.0136. The number of ether oxygens (including phenoxy) is 2. The summed E-state index contributed by atoms with van der Waals surface area (Å²) in [5.41, 5.74) is -0.639. The van der Waals surface area contributed by atoms with E-state index in [1.165, 1.54) is 17.9 Å². The second-order valence-electron chi connectivity index (χ2n) is 11.5. The molecule has 1 fully saturated rings. The maximum absolute atomic E-state index is 14.3. The number of benzene rings is 2. The van der Waals surface area contributed by atoms with Gasteiger partial charge in [0, 0.05) is 32.1 Å². The summed E-state index contributed by atoms with van der Waals surface area (Å²) >= 11 is 3.58. The average molecular weight is 679 g/mol. The molecule has 2 N–H and O–H groups in total. The number of aliphatic hydroxyl groups is 1. The minimum atomic E-state index is -1.74. The molecule has 2 heterocycles. The van der Waals surface area contributed by atoms with Crippen LogP contribution in [0.25, 0.3) is 11.3 Å².